The Bertz CT molecular complexity index is 653. The summed E-state index contributed by atoms with van der Waals surface area (Å²) >= 11 is 1.32. The molecule has 116 valence electrons. The van der Waals surface area contributed by atoms with E-state index in [4.69, 9.17) is 0 Å². The van der Waals surface area contributed by atoms with Gasteiger partial charge in [-0.1, -0.05) is 24.3 Å². The quantitative estimate of drug-likeness (QED) is 0.793. The maximum absolute atomic E-state index is 12.2. The van der Waals surface area contributed by atoms with E-state index in [0.717, 1.165) is 0 Å². The van der Waals surface area contributed by atoms with Gasteiger partial charge in [0.05, 0.1) is 11.0 Å². The molecule has 0 saturated heterocycles. The van der Waals surface area contributed by atoms with Crippen LogP contribution < -0.4 is 10.6 Å². The van der Waals surface area contributed by atoms with Gasteiger partial charge in [0.1, 0.15) is 6.04 Å². The van der Waals surface area contributed by atoms with E-state index >= 15 is 0 Å². The third-order valence-corrected chi connectivity index (χ3v) is 4.02. The molecule has 0 aliphatic rings. The molecule has 2 atom stereocenters. The topological polar surface area (TPSA) is 78.4 Å². The molecule has 0 bridgehead atoms. The molecule has 5 nitrogen and oxygen atoms in total. The van der Waals surface area contributed by atoms with E-state index in [0.29, 0.717) is 16.1 Å². The molecule has 1 aromatic carbocycles. The highest BCUT2D eigenvalue weighted by atomic mass is 32.1. The Kier molecular flexibility index (Phi) is 5.30. The van der Waals surface area contributed by atoms with Crippen molar-refractivity contribution in [1.82, 2.24) is 5.32 Å². The average molecular weight is 318 g/mol. The first-order chi connectivity index (χ1) is 10.5. The summed E-state index contributed by atoms with van der Waals surface area (Å²) in [6.07, 6.45) is -0.687. The monoisotopic (exact) mass is 318 g/mol. The largest absolute Gasteiger partial charge is 0.389 e. The summed E-state index contributed by atoms with van der Waals surface area (Å²) in [4.78, 5) is 24.7. The second kappa shape index (κ2) is 7.20. The predicted molar refractivity (Wildman–Crippen MR) is 87.0 cm³/mol. The minimum atomic E-state index is -0.687. The van der Waals surface area contributed by atoms with E-state index in [2.05, 4.69) is 10.6 Å². The maximum Gasteiger partial charge on any atom is 0.261 e. The van der Waals surface area contributed by atoms with Crippen LogP contribution in [0.25, 0.3) is 0 Å². The Balaban J connectivity index is 2.01. The average Bonchev–Trinajstić information content (AvgIpc) is 3.01. The van der Waals surface area contributed by atoms with E-state index in [1.165, 1.54) is 11.3 Å². The molecule has 0 spiro atoms. The minimum Gasteiger partial charge on any atom is -0.389 e. The van der Waals surface area contributed by atoms with Crippen LogP contribution in [0.15, 0.2) is 41.8 Å². The fourth-order valence-corrected chi connectivity index (χ4v) is 2.58. The van der Waals surface area contributed by atoms with Gasteiger partial charge in [-0.05, 0) is 31.4 Å². The molecule has 0 fully saturated rings. The van der Waals surface area contributed by atoms with Crippen LogP contribution in [0.2, 0.25) is 0 Å². The van der Waals surface area contributed by atoms with Crippen molar-refractivity contribution < 1.29 is 14.7 Å². The molecule has 0 aliphatic carbocycles. The van der Waals surface area contributed by atoms with Crippen molar-refractivity contribution in [3.05, 3.63) is 52.2 Å². The zero-order valence-corrected chi connectivity index (χ0v) is 13.2. The third kappa shape index (κ3) is 3.93. The van der Waals surface area contributed by atoms with Gasteiger partial charge in [-0.15, -0.1) is 11.3 Å². The highest BCUT2D eigenvalue weighted by molar-refractivity contribution is 7.12. The SMILES string of the molecule is CC(NC(=O)c1cccs1)C(=O)Nc1ccccc1C(C)O. The van der Waals surface area contributed by atoms with Crippen molar-refractivity contribution in [3.63, 3.8) is 0 Å². The smallest absolute Gasteiger partial charge is 0.261 e. The van der Waals surface area contributed by atoms with Gasteiger partial charge in [-0.25, -0.2) is 0 Å². The summed E-state index contributed by atoms with van der Waals surface area (Å²) < 4.78 is 0. The number of para-hydroxylation sites is 1. The predicted octanol–water partition coefficient (Wildman–Crippen LogP) is 2.56. The first-order valence-electron chi connectivity index (χ1n) is 6.91. The lowest BCUT2D eigenvalue weighted by atomic mass is 10.1. The molecule has 0 saturated carbocycles. The Morgan fingerprint density at radius 1 is 1.14 bits per heavy atom. The van der Waals surface area contributed by atoms with Gasteiger partial charge in [-0.2, -0.15) is 0 Å². The maximum atomic E-state index is 12.2. The van der Waals surface area contributed by atoms with E-state index in [1.54, 1.807) is 55.6 Å². The van der Waals surface area contributed by atoms with E-state index in [1.807, 2.05) is 0 Å². The van der Waals surface area contributed by atoms with E-state index in [-0.39, 0.29) is 11.8 Å². The van der Waals surface area contributed by atoms with Gasteiger partial charge in [0.2, 0.25) is 5.91 Å². The second-order valence-electron chi connectivity index (χ2n) is 4.92. The van der Waals surface area contributed by atoms with Crippen molar-refractivity contribution in [1.29, 1.82) is 0 Å². The zero-order chi connectivity index (χ0) is 16.1. The summed E-state index contributed by atoms with van der Waals surface area (Å²) in [5.74, 6) is -0.612. The van der Waals surface area contributed by atoms with E-state index in [9.17, 15) is 14.7 Å². The molecule has 3 N–H and O–H groups in total. The standard InChI is InChI=1S/C16H18N2O3S/c1-10(17-16(21)14-8-5-9-22-14)15(20)18-13-7-4-3-6-12(13)11(2)19/h3-11,19H,1-2H3,(H,17,21)(H,18,20). The normalized spacial score (nSPS) is 13.2. The Morgan fingerprint density at radius 3 is 2.50 bits per heavy atom. The van der Waals surface area contributed by atoms with Crippen LogP contribution in [0.4, 0.5) is 5.69 Å². The molecule has 0 aliphatic heterocycles. The zero-order valence-electron chi connectivity index (χ0n) is 12.4. The third-order valence-electron chi connectivity index (χ3n) is 3.15. The van der Waals surface area contributed by atoms with Gasteiger partial charge in [0, 0.05) is 11.3 Å². The molecule has 1 heterocycles. The number of thiophene rings is 1. The van der Waals surface area contributed by atoms with Crippen LogP contribution in [0.3, 0.4) is 0 Å². The number of nitrogens with one attached hydrogen (secondary N) is 2. The summed E-state index contributed by atoms with van der Waals surface area (Å²) in [6, 6.07) is 9.83. The van der Waals surface area contributed by atoms with Gasteiger partial charge in [0.15, 0.2) is 0 Å². The Labute approximate surface area is 133 Å². The van der Waals surface area contributed by atoms with Crippen molar-refractivity contribution in [2.45, 2.75) is 26.0 Å². The Morgan fingerprint density at radius 2 is 1.86 bits per heavy atom. The molecule has 1 aromatic heterocycles. The minimum absolute atomic E-state index is 0.276. The second-order valence-corrected chi connectivity index (χ2v) is 5.87. The molecule has 2 unspecified atom stereocenters. The van der Waals surface area contributed by atoms with Crippen molar-refractivity contribution in [2.75, 3.05) is 5.32 Å². The van der Waals surface area contributed by atoms with Gasteiger partial charge < -0.3 is 15.7 Å². The fourth-order valence-electron chi connectivity index (χ4n) is 1.96. The van der Waals surface area contributed by atoms with Crippen LogP contribution in [0.1, 0.15) is 35.2 Å². The van der Waals surface area contributed by atoms with Crippen molar-refractivity contribution in [2.24, 2.45) is 0 Å². The number of hydrogen-bond acceptors (Lipinski definition) is 4. The highest BCUT2D eigenvalue weighted by Crippen LogP contribution is 2.22. The molecule has 0 radical (unpaired) electrons. The Hall–Kier alpha value is -2.18. The van der Waals surface area contributed by atoms with Crippen molar-refractivity contribution >= 4 is 28.8 Å². The number of anilines is 1. The first-order valence-corrected chi connectivity index (χ1v) is 7.79. The highest BCUT2D eigenvalue weighted by Gasteiger charge is 2.18. The molecular weight excluding hydrogens is 300 g/mol. The van der Waals surface area contributed by atoms with Gasteiger partial charge >= 0.3 is 0 Å². The number of benzene rings is 1. The summed E-state index contributed by atoms with van der Waals surface area (Å²) in [7, 11) is 0. The fraction of sp³-hybridized carbons (Fsp3) is 0.250. The molecule has 2 amide bonds. The number of carbonyl (C=O) groups excluding carboxylic acids is 2. The molecule has 22 heavy (non-hydrogen) atoms. The summed E-state index contributed by atoms with van der Waals surface area (Å²) in [5, 5.41) is 16.9. The number of hydrogen-bond donors (Lipinski definition) is 3. The van der Waals surface area contributed by atoms with Crippen molar-refractivity contribution in [3.8, 4) is 0 Å². The van der Waals surface area contributed by atoms with E-state index < -0.39 is 12.1 Å². The van der Waals surface area contributed by atoms with Crippen LogP contribution >= 0.6 is 11.3 Å². The number of carbonyl (C=O) groups is 2. The lowest BCUT2D eigenvalue weighted by molar-refractivity contribution is -0.117. The summed E-state index contributed by atoms with van der Waals surface area (Å²) in [5.41, 5.74) is 1.17. The number of aliphatic hydroxyl groups is 1. The van der Waals surface area contributed by atoms with Gasteiger partial charge in [-0.3, -0.25) is 9.59 Å². The number of aliphatic hydroxyl groups excluding tert-OH is 1. The lowest BCUT2D eigenvalue weighted by Gasteiger charge is -2.17. The number of rotatable bonds is 5. The molecule has 2 rings (SSSR count). The summed E-state index contributed by atoms with van der Waals surface area (Å²) in [6.45, 7) is 3.25. The van der Waals surface area contributed by atoms with Crippen LogP contribution in [-0.4, -0.2) is 23.0 Å². The van der Waals surface area contributed by atoms with Gasteiger partial charge in [0.25, 0.3) is 5.91 Å². The lowest BCUT2D eigenvalue weighted by Crippen LogP contribution is -2.41. The molecular formula is C16H18N2O3S. The molecule has 6 heteroatoms. The first kappa shape index (κ1) is 16.2. The number of amides is 2. The van der Waals surface area contributed by atoms with Crippen LogP contribution in [-0.2, 0) is 4.79 Å². The molecule has 2 aromatic rings. The van der Waals surface area contributed by atoms with Crippen LogP contribution in [0, 0.1) is 0 Å². The van der Waals surface area contributed by atoms with Crippen LogP contribution in [0.5, 0.6) is 0 Å².